The molecular formula is C21H18F5N3O4. The number of carbonyl (C=O) groups excluding carboxylic acids is 1. The molecule has 176 valence electrons. The van der Waals surface area contributed by atoms with Gasteiger partial charge in [0.25, 0.3) is 5.91 Å². The van der Waals surface area contributed by atoms with Crippen LogP contribution in [-0.4, -0.2) is 28.9 Å². The average Bonchev–Trinajstić information content (AvgIpc) is 3.23. The molecule has 0 aliphatic rings. The van der Waals surface area contributed by atoms with Gasteiger partial charge in [0.1, 0.15) is 5.75 Å². The Labute approximate surface area is 184 Å². The van der Waals surface area contributed by atoms with Crippen LogP contribution in [0.25, 0.3) is 0 Å². The predicted octanol–water partition coefficient (Wildman–Crippen LogP) is 5.19. The van der Waals surface area contributed by atoms with E-state index in [2.05, 4.69) is 15.2 Å². The topological polar surface area (TPSA) is 74.6 Å². The molecule has 0 bridgehead atoms. The van der Waals surface area contributed by atoms with Gasteiger partial charge in [-0.2, -0.15) is 27.1 Å². The summed E-state index contributed by atoms with van der Waals surface area (Å²) in [5, 5.41) is 6.56. The molecule has 0 unspecified atom stereocenters. The molecule has 7 nitrogen and oxygen atoms in total. The Balaban J connectivity index is 1.64. The minimum Gasteiger partial charge on any atom is -0.490 e. The summed E-state index contributed by atoms with van der Waals surface area (Å²) in [5.74, 6) is -0.782. The first-order valence-electron chi connectivity index (χ1n) is 9.52. The first-order chi connectivity index (χ1) is 15.7. The number of nitrogens with zero attached hydrogens (tertiary/aromatic N) is 2. The SMILES string of the molecule is CCOc1cc(NC(=O)c2ccn(COc3cccc(C(F)(F)F)c3)n2)ccc1OC(F)F. The highest BCUT2D eigenvalue weighted by Crippen LogP contribution is 2.32. The second kappa shape index (κ2) is 10.2. The van der Waals surface area contributed by atoms with Crippen molar-refractivity contribution in [1.82, 2.24) is 9.78 Å². The minimum atomic E-state index is -4.50. The third kappa shape index (κ3) is 6.57. The zero-order valence-corrected chi connectivity index (χ0v) is 17.1. The third-order valence-electron chi connectivity index (χ3n) is 4.12. The molecule has 0 aliphatic heterocycles. The number of halogens is 5. The smallest absolute Gasteiger partial charge is 0.416 e. The molecule has 1 aromatic heterocycles. The number of hydrogen-bond acceptors (Lipinski definition) is 5. The summed E-state index contributed by atoms with van der Waals surface area (Å²) in [4.78, 5) is 12.4. The number of rotatable bonds is 9. The number of carbonyl (C=O) groups is 1. The molecule has 33 heavy (non-hydrogen) atoms. The average molecular weight is 471 g/mol. The van der Waals surface area contributed by atoms with Gasteiger partial charge >= 0.3 is 12.8 Å². The molecule has 0 aliphatic carbocycles. The van der Waals surface area contributed by atoms with Crippen LogP contribution in [0.1, 0.15) is 23.0 Å². The van der Waals surface area contributed by atoms with Crippen LogP contribution in [0.15, 0.2) is 54.7 Å². The molecule has 0 fully saturated rings. The van der Waals surface area contributed by atoms with Gasteiger partial charge in [0.2, 0.25) is 0 Å². The van der Waals surface area contributed by atoms with Crippen molar-refractivity contribution in [3.05, 3.63) is 66.0 Å². The maximum absolute atomic E-state index is 12.8. The summed E-state index contributed by atoms with van der Waals surface area (Å²) in [6.45, 7) is -1.42. The van der Waals surface area contributed by atoms with E-state index in [1.807, 2.05) is 0 Å². The summed E-state index contributed by atoms with van der Waals surface area (Å²) in [6.07, 6.45) is -3.09. The van der Waals surface area contributed by atoms with Crippen LogP contribution in [-0.2, 0) is 12.9 Å². The lowest BCUT2D eigenvalue weighted by Gasteiger charge is -2.13. The van der Waals surface area contributed by atoms with Crippen molar-refractivity contribution < 1.29 is 41.0 Å². The molecule has 0 atom stereocenters. The Hall–Kier alpha value is -3.83. The zero-order valence-electron chi connectivity index (χ0n) is 17.1. The Kier molecular flexibility index (Phi) is 7.36. The fraction of sp³-hybridized carbons (Fsp3) is 0.238. The second-order valence-electron chi connectivity index (χ2n) is 6.47. The summed E-state index contributed by atoms with van der Waals surface area (Å²) < 4.78 is 79.5. The van der Waals surface area contributed by atoms with E-state index in [0.717, 1.165) is 12.1 Å². The van der Waals surface area contributed by atoms with Crippen molar-refractivity contribution in [1.29, 1.82) is 0 Å². The van der Waals surface area contributed by atoms with Gasteiger partial charge in [0, 0.05) is 18.0 Å². The number of alkyl halides is 5. The molecule has 1 N–H and O–H groups in total. The van der Waals surface area contributed by atoms with Gasteiger partial charge in [0.05, 0.1) is 12.2 Å². The molecule has 2 aromatic carbocycles. The van der Waals surface area contributed by atoms with Gasteiger partial charge in [0.15, 0.2) is 23.9 Å². The lowest BCUT2D eigenvalue weighted by Crippen LogP contribution is -2.14. The van der Waals surface area contributed by atoms with Crippen molar-refractivity contribution >= 4 is 11.6 Å². The van der Waals surface area contributed by atoms with Gasteiger partial charge in [-0.15, -0.1) is 0 Å². The van der Waals surface area contributed by atoms with Crippen molar-refractivity contribution in [3.63, 3.8) is 0 Å². The maximum Gasteiger partial charge on any atom is 0.416 e. The molecule has 3 aromatic rings. The molecule has 0 spiro atoms. The van der Waals surface area contributed by atoms with Crippen LogP contribution in [0.3, 0.4) is 0 Å². The van der Waals surface area contributed by atoms with Gasteiger partial charge in [-0.25, -0.2) is 4.68 Å². The minimum absolute atomic E-state index is 0.00601. The molecule has 0 radical (unpaired) electrons. The fourth-order valence-electron chi connectivity index (χ4n) is 2.70. The van der Waals surface area contributed by atoms with Crippen LogP contribution < -0.4 is 19.5 Å². The predicted molar refractivity (Wildman–Crippen MR) is 106 cm³/mol. The van der Waals surface area contributed by atoms with Gasteiger partial charge in [-0.3, -0.25) is 4.79 Å². The highest BCUT2D eigenvalue weighted by Gasteiger charge is 2.30. The molecule has 1 heterocycles. The first-order valence-corrected chi connectivity index (χ1v) is 9.52. The molecule has 12 heteroatoms. The van der Waals surface area contributed by atoms with E-state index in [1.165, 1.54) is 47.3 Å². The number of ether oxygens (including phenoxy) is 3. The van der Waals surface area contributed by atoms with Crippen molar-refractivity contribution in [2.45, 2.75) is 26.4 Å². The summed E-state index contributed by atoms with van der Waals surface area (Å²) in [5.41, 5.74) is -0.606. The largest absolute Gasteiger partial charge is 0.490 e. The van der Waals surface area contributed by atoms with E-state index >= 15 is 0 Å². The number of hydrogen-bond donors (Lipinski definition) is 1. The lowest BCUT2D eigenvalue weighted by molar-refractivity contribution is -0.137. The number of aromatic nitrogens is 2. The molecule has 0 saturated heterocycles. The van der Waals surface area contributed by atoms with Crippen LogP contribution in [0, 0.1) is 0 Å². The maximum atomic E-state index is 12.8. The van der Waals surface area contributed by atoms with E-state index in [-0.39, 0.29) is 42.0 Å². The number of amides is 1. The van der Waals surface area contributed by atoms with Gasteiger partial charge < -0.3 is 19.5 Å². The van der Waals surface area contributed by atoms with E-state index in [9.17, 15) is 26.7 Å². The quantitative estimate of drug-likeness (QED) is 0.435. The Morgan fingerprint density at radius 2 is 1.88 bits per heavy atom. The normalized spacial score (nSPS) is 11.4. The molecule has 0 saturated carbocycles. The Morgan fingerprint density at radius 3 is 2.58 bits per heavy atom. The van der Waals surface area contributed by atoms with Crippen LogP contribution in [0.2, 0.25) is 0 Å². The highest BCUT2D eigenvalue weighted by atomic mass is 19.4. The number of benzene rings is 2. The van der Waals surface area contributed by atoms with Crippen molar-refractivity contribution in [2.24, 2.45) is 0 Å². The van der Waals surface area contributed by atoms with Gasteiger partial charge in [-0.1, -0.05) is 6.07 Å². The summed E-state index contributed by atoms with van der Waals surface area (Å²) in [6, 6.07) is 9.65. The number of nitrogens with one attached hydrogen (secondary N) is 1. The van der Waals surface area contributed by atoms with Crippen molar-refractivity contribution in [3.8, 4) is 17.2 Å². The standard InChI is InChI=1S/C21H18F5N3O4/c1-2-31-18-11-14(6-7-17(18)33-20(22)23)27-19(30)16-8-9-29(28-16)12-32-15-5-3-4-13(10-15)21(24,25)26/h3-11,20H,2,12H2,1H3,(H,27,30). The fourth-order valence-corrected chi connectivity index (χ4v) is 2.70. The zero-order chi connectivity index (χ0) is 24.0. The van der Waals surface area contributed by atoms with Crippen LogP contribution in [0.5, 0.6) is 17.2 Å². The highest BCUT2D eigenvalue weighted by molar-refractivity contribution is 6.02. The molecule has 1 amide bonds. The Morgan fingerprint density at radius 1 is 1.09 bits per heavy atom. The van der Waals surface area contributed by atoms with Crippen LogP contribution >= 0.6 is 0 Å². The van der Waals surface area contributed by atoms with E-state index in [1.54, 1.807) is 6.92 Å². The first kappa shape index (κ1) is 23.8. The summed E-state index contributed by atoms with van der Waals surface area (Å²) >= 11 is 0. The van der Waals surface area contributed by atoms with Crippen molar-refractivity contribution in [2.75, 3.05) is 11.9 Å². The van der Waals surface area contributed by atoms with E-state index in [0.29, 0.717) is 0 Å². The van der Waals surface area contributed by atoms with Crippen LogP contribution in [0.4, 0.5) is 27.6 Å². The third-order valence-corrected chi connectivity index (χ3v) is 4.12. The molecule has 3 rings (SSSR count). The van der Waals surface area contributed by atoms with E-state index < -0.39 is 24.3 Å². The second-order valence-corrected chi connectivity index (χ2v) is 6.47. The molecular weight excluding hydrogens is 453 g/mol. The monoisotopic (exact) mass is 471 g/mol. The summed E-state index contributed by atoms with van der Waals surface area (Å²) in [7, 11) is 0. The van der Waals surface area contributed by atoms with E-state index in [4.69, 9.17) is 9.47 Å². The Bertz CT molecular complexity index is 1100. The lowest BCUT2D eigenvalue weighted by atomic mass is 10.2. The van der Waals surface area contributed by atoms with Gasteiger partial charge in [-0.05, 0) is 43.3 Å². The number of anilines is 1.